The zero-order valence-electron chi connectivity index (χ0n) is 10.0. The first-order chi connectivity index (χ1) is 8.40. The van der Waals surface area contributed by atoms with Crippen LogP contribution >= 0.6 is 0 Å². The number of aryl methyl sites for hydroxylation is 1. The van der Waals surface area contributed by atoms with E-state index in [0.29, 0.717) is 11.1 Å². The molecule has 1 heterocycles. The molecule has 6 nitrogen and oxygen atoms in total. The van der Waals surface area contributed by atoms with Crippen LogP contribution in [-0.4, -0.2) is 23.5 Å². The van der Waals surface area contributed by atoms with Crippen molar-refractivity contribution in [2.75, 3.05) is 6.54 Å². The molecule has 0 fully saturated rings. The van der Waals surface area contributed by atoms with Crippen molar-refractivity contribution in [3.8, 4) is 0 Å². The van der Waals surface area contributed by atoms with Gasteiger partial charge in [0, 0.05) is 11.6 Å². The second-order valence-electron chi connectivity index (χ2n) is 3.71. The molecule has 6 heteroatoms. The molecule has 18 heavy (non-hydrogen) atoms. The number of carboxylic acid groups (broad SMARTS) is 1. The number of carboxylic acids is 1. The van der Waals surface area contributed by atoms with Crippen LogP contribution in [0.2, 0.25) is 0 Å². The summed E-state index contributed by atoms with van der Waals surface area (Å²) in [5.74, 6) is -1.41. The van der Waals surface area contributed by atoms with Gasteiger partial charge in [-0.25, -0.2) is 4.79 Å². The van der Waals surface area contributed by atoms with Gasteiger partial charge in [0.05, 0.1) is 0 Å². The summed E-state index contributed by atoms with van der Waals surface area (Å²) in [6.45, 7) is 2.75. The van der Waals surface area contributed by atoms with E-state index in [1.807, 2.05) is 0 Å². The first-order valence-electron chi connectivity index (χ1n) is 5.19. The molecule has 0 bridgehead atoms. The summed E-state index contributed by atoms with van der Waals surface area (Å²) in [5.41, 5.74) is 0.447. The van der Waals surface area contributed by atoms with E-state index in [9.17, 15) is 14.4 Å². The molecule has 1 rings (SSSR count). The fraction of sp³-hybridized carbons (Fsp3) is 0.250. The summed E-state index contributed by atoms with van der Waals surface area (Å²) in [6.07, 6.45) is 1.18. The van der Waals surface area contributed by atoms with Crippen LogP contribution in [0.1, 0.15) is 18.2 Å². The first-order valence-corrected chi connectivity index (χ1v) is 5.19. The lowest BCUT2D eigenvalue weighted by Gasteiger charge is -2.01. The predicted octanol–water partition coefficient (Wildman–Crippen LogP) is 0.552. The average molecular weight is 251 g/mol. The third-order valence-electron chi connectivity index (χ3n) is 2.16. The van der Waals surface area contributed by atoms with Crippen molar-refractivity contribution in [1.29, 1.82) is 0 Å². The highest BCUT2D eigenvalue weighted by molar-refractivity contribution is 5.95. The average Bonchev–Trinajstić information content (AvgIpc) is 2.30. The maximum atomic E-state index is 11.3. The lowest BCUT2D eigenvalue weighted by atomic mass is 10.2. The van der Waals surface area contributed by atoms with E-state index in [2.05, 4.69) is 5.32 Å². The number of hydrogen-bond donors (Lipinski definition) is 2. The molecule has 2 N–H and O–H groups in total. The highest BCUT2D eigenvalue weighted by Gasteiger charge is 2.05. The first kappa shape index (κ1) is 13.7. The van der Waals surface area contributed by atoms with Gasteiger partial charge in [-0.1, -0.05) is 0 Å². The van der Waals surface area contributed by atoms with E-state index < -0.39 is 24.0 Å². The highest BCUT2D eigenvalue weighted by Crippen LogP contribution is 2.11. The quantitative estimate of drug-likeness (QED) is 0.762. The van der Waals surface area contributed by atoms with Gasteiger partial charge in [-0.2, -0.15) is 0 Å². The Kier molecular flexibility index (Phi) is 4.42. The van der Waals surface area contributed by atoms with E-state index in [1.54, 1.807) is 26.0 Å². The molecule has 1 aromatic rings. The van der Waals surface area contributed by atoms with Gasteiger partial charge < -0.3 is 14.8 Å². The van der Waals surface area contributed by atoms with Crippen LogP contribution in [-0.2, 0) is 9.59 Å². The molecular formula is C12H13NO5. The van der Waals surface area contributed by atoms with E-state index in [4.69, 9.17) is 9.52 Å². The van der Waals surface area contributed by atoms with E-state index in [0.717, 1.165) is 0 Å². The van der Waals surface area contributed by atoms with Crippen LogP contribution in [0, 0.1) is 6.92 Å². The minimum atomic E-state index is -1.13. The van der Waals surface area contributed by atoms with Gasteiger partial charge in [0.1, 0.15) is 12.3 Å². The predicted molar refractivity (Wildman–Crippen MR) is 64.0 cm³/mol. The normalized spacial score (nSPS) is 11.1. The molecule has 0 spiro atoms. The molecule has 0 aromatic carbocycles. The van der Waals surface area contributed by atoms with Gasteiger partial charge >= 0.3 is 11.6 Å². The Morgan fingerprint density at radius 3 is 2.67 bits per heavy atom. The number of nitrogens with one attached hydrogen (secondary N) is 1. The number of rotatable bonds is 4. The van der Waals surface area contributed by atoms with Crippen molar-refractivity contribution in [3.05, 3.63) is 40.0 Å². The van der Waals surface area contributed by atoms with Crippen molar-refractivity contribution < 1.29 is 19.1 Å². The van der Waals surface area contributed by atoms with Gasteiger partial charge in [-0.05, 0) is 31.6 Å². The standard InChI is InChI=1S/C12H13NO5/c1-7-3-4-9(18-12(7)17)8(2)5-10(14)13-6-11(15)16/h3-5H,6H2,1-2H3,(H,13,14)(H,15,16). The number of aliphatic carboxylic acids is 1. The molecule has 0 saturated carbocycles. The van der Waals surface area contributed by atoms with Crippen LogP contribution in [0.4, 0.5) is 0 Å². The van der Waals surface area contributed by atoms with E-state index in [1.165, 1.54) is 6.08 Å². The number of hydrogen-bond acceptors (Lipinski definition) is 4. The van der Waals surface area contributed by atoms with E-state index >= 15 is 0 Å². The van der Waals surface area contributed by atoms with Gasteiger partial charge in [-0.3, -0.25) is 9.59 Å². The molecule has 1 aromatic heterocycles. The van der Waals surface area contributed by atoms with Crippen molar-refractivity contribution in [2.45, 2.75) is 13.8 Å². The highest BCUT2D eigenvalue weighted by atomic mass is 16.4. The van der Waals surface area contributed by atoms with Crippen LogP contribution < -0.4 is 10.9 Å². The molecule has 0 radical (unpaired) electrons. The monoisotopic (exact) mass is 251 g/mol. The Labute approximate surface area is 103 Å². The molecule has 96 valence electrons. The Bertz CT molecular complexity index is 556. The molecule has 0 aliphatic carbocycles. The summed E-state index contributed by atoms with van der Waals surface area (Å²) in [4.78, 5) is 32.8. The third kappa shape index (κ3) is 3.89. The number of allylic oxidation sites excluding steroid dienone is 1. The largest absolute Gasteiger partial charge is 0.480 e. The van der Waals surface area contributed by atoms with Crippen LogP contribution in [0.3, 0.4) is 0 Å². The minimum Gasteiger partial charge on any atom is -0.480 e. The van der Waals surface area contributed by atoms with Crippen molar-refractivity contribution in [3.63, 3.8) is 0 Å². The minimum absolute atomic E-state index is 0.274. The smallest absolute Gasteiger partial charge is 0.339 e. The number of carbonyl (C=O) groups is 2. The SMILES string of the molecule is CC(=CC(=O)NCC(=O)O)c1ccc(C)c(=O)o1. The van der Waals surface area contributed by atoms with Crippen LogP contribution in [0.25, 0.3) is 5.57 Å². The Balaban J connectivity index is 2.82. The Morgan fingerprint density at radius 1 is 1.44 bits per heavy atom. The van der Waals surface area contributed by atoms with Gasteiger partial charge in [-0.15, -0.1) is 0 Å². The van der Waals surface area contributed by atoms with Crippen molar-refractivity contribution in [2.24, 2.45) is 0 Å². The third-order valence-corrected chi connectivity index (χ3v) is 2.16. The second-order valence-corrected chi connectivity index (χ2v) is 3.71. The zero-order valence-corrected chi connectivity index (χ0v) is 10.0. The van der Waals surface area contributed by atoms with Crippen LogP contribution in [0.15, 0.2) is 27.4 Å². The summed E-state index contributed by atoms with van der Waals surface area (Å²) in [6, 6.07) is 3.17. The van der Waals surface area contributed by atoms with Gasteiger partial charge in [0.25, 0.3) is 0 Å². The molecule has 0 aliphatic heterocycles. The lowest BCUT2D eigenvalue weighted by molar-refractivity contribution is -0.137. The van der Waals surface area contributed by atoms with Crippen molar-refractivity contribution >= 4 is 17.4 Å². The fourth-order valence-corrected chi connectivity index (χ4v) is 1.18. The topological polar surface area (TPSA) is 96.6 Å². The molecule has 0 atom stereocenters. The number of amides is 1. The van der Waals surface area contributed by atoms with Gasteiger partial charge in [0.2, 0.25) is 5.91 Å². The summed E-state index contributed by atoms with van der Waals surface area (Å²) >= 11 is 0. The summed E-state index contributed by atoms with van der Waals surface area (Å²) in [5, 5.41) is 10.6. The summed E-state index contributed by atoms with van der Waals surface area (Å²) in [7, 11) is 0. The second kappa shape index (κ2) is 5.81. The molecular weight excluding hydrogens is 238 g/mol. The van der Waals surface area contributed by atoms with Crippen LogP contribution in [0.5, 0.6) is 0 Å². The molecule has 1 amide bonds. The zero-order chi connectivity index (χ0) is 13.7. The summed E-state index contributed by atoms with van der Waals surface area (Å²) < 4.78 is 4.98. The molecule has 0 saturated heterocycles. The van der Waals surface area contributed by atoms with Crippen molar-refractivity contribution in [1.82, 2.24) is 5.32 Å². The maximum Gasteiger partial charge on any atom is 0.339 e. The Morgan fingerprint density at radius 2 is 2.11 bits per heavy atom. The lowest BCUT2D eigenvalue weighted by Crippen LogP contribution is -2.27. The van der Waals surface area contributed by atoms with Gasteiger partial charge in [0.15, 0.2) is 0 Å². The maximum absolute atomic E-state index is 11.3. The van der Waals surface area contributed by atoms with E-state index in [-0.39, 0.29) is 5.76 Å². The Hall–Kier alpha value is -2.37. The molecule has 0 aliphatic rings. The molecule has 0 unspecified atom stereocenters. The fourth-order valence-electron chi connectivity index (χ4n) is 1.18. The number of carbonyl (C=O) groups excluding carboxylic acids is 1.